The first kappa shape index (κ1) is 20.9. The van der Waals surface area contributed by atoms with Crippen molar-refractivity contribution in [2.75, 3.05) is 45.4 Å². The topological polar surface area (TPSA) is 72.3 Å². The largest absolute Gasteiger partial charge is 0.378 e. The molecule has 29 heavy (non-hydrogen) atoms. The number of hydrogen-bond acceptors (Lipinski definition) is 6. The van der Waals surface area contributed by atoms with Crippen molar-refractivity contribution in [2.24, 2.45) is 0 Å². The third kappa shape index (κ3) is 3.86. The maximum absolute atomic E-state index is 13.4. The number of nitriles is 1. The Morgan fingerprint density at radius 3 is 2.41 bits per heavy atom. The van der Waals surface area contributed by atoms with Gasteiger partial charge >= 0.3 is 0 Å². The Balaban J connectivity index is 2.16. The second-order valence-corrected chi connectivity index (χ2v) is 8.46. The van der Waals surface area contributed by atoms with Crippen LogP contribution in [0, 0.1) is 11.3 Å². The number of rotatable bonds is 7. The minimum atomic E-state index is -1.20. The van der Waals surface area contributed by atoms with E-state index in [0.29, 0.717) is 16.2 Å². The fraction of sp³-hybridized carbons (Fsp3) is 0.318. The SMILES string of the molecule is CN(C)CCSC1=C(C#N)C(c2ccc(N(C)C)cc2)(c2cccnc2)C(=O)N1. The van der Waals surface area contributed by atoms with E-state index in [-0.39, 0.29) is 5.91 Å². The first-order valence-electron chi connectivity index (χ1n) is 9.33. The number of anilines is 1. The van der Waals surface area contributed by atoms with Crippen LogP contribution in [0.2, 0.25) is 0 Å². The van der Waals surface area contributed by atoms with Crippen LogP contribution in [0.1, 0.15) is 11.1 Å². The van der Waals surface area contributed by atoms with Crippen molar-refractivity contribution in [3.63, 3.8) is 0 Å². The molecular formula is C22H25N5OS. The van der Waals surface area contributed by atoms with Crippen LogP contribution in [-0.4, -0.2) is 56.3 Å². The molecule has 0 bridgehead atoms. The van der Waals surface area contributed by atoms with Crippen LogP contribution < -0.4 is 10.2 Å². The molecule has 1 N–H and O–H groups in total. The lowest BCUT2D eigenvalue weighted by Crippen LogP contribution is -2.39. The molecule has 1 aromatic carbocycles. The quantitative estimate of drug-likeness (QED) is 0.761. The average molecular weight is 408 g/mol. The maximum atomic E-state index is 13.4. The van der Waals surface area contributed by atoms with Gasteiger partial charge in [-0.25, -0.2) is 0 Å². The van der Waals surface area contributed by atoms with Crippen LogP contribution >= 0.6 is 11.8 Å². The molecule has 1 unspecified atom stereocenters. The van der Waals surface area contributed by atoms with Crippen LogP contribution in [0.15, 0.2) is 59.4 Å². The van der Waals surface area contributed by atoms with Gasteiger partial charge in [0.05, 0.1) is 16.7 Å². The van der Waals surface area contributed by atoms with E-state index in [9.17, 15) is 10.1 Å². The Hall–Kier alpha value is -2.82. The van der Waals surface area contributed by atoms with Gasteiger partial charge in [-0.05, 0) is 43.4 Å². The summed E-state index contributed by atoms with van der Waals surface area (Å²) >= 11 is 1.50. The minimum Gasteiger partial charge on any atom is -0.378 e. The summed E-state index contributed by atoms with van der Waals surface area (Å²) in [7, 11) is 7.93. The van der Waals surface area contributed by atoms with Gasteiger partial charge < -0.3 is 15.1 Å². The van der Waals surface area contributed by atoms with Crippen molar-refractivity contribution in [3.8, 4) is 6.07 Å². The Bertz CT molecular complexity index is 947. The number of nitrogens with zero attached hydrogens (tertiary/aromatic N) is 4. The maximum Gasteiger partial charge on any atom is 0.245 e. The highest BCUT2D eigenvalue weighted by Crippen LogP contribution is 2.46. The molecule has 1 amide bonds. The normalized spacial score (nSPS) is 18.7. The summed E-state index contributed by atoms with van der Waals surface area (Å²) in [4.78, 5) is 21.7. The molecule has 0 saturated carbocycles. The molecule has 2 heterocycles. The number of amides is 1. The zero-order valence-electron chi connectivity index (χ0n) is 17.1. The lowest BCUT2D eigenvalue weighted by atomic mass is 9.70. The van der Waals surface area contributed by atoms with Gasteiger partial charge in [-0.1, -0.05) is 18.2 Å². The second-order valence-electron chi connectivity index (χ2n) is 7.35. The van der Waals surface area contributed by atoms with Gasteiger partial charge in [0.15, 0.2) is 0 Å². The Morgan fingerprint density at radius 1 is 1.14 bits per heavy atom. The number of carbonyl (C=O) groups is 1. The predicted molar refractivity (Wildman–Crippen MR) is 118 cm³/mol. The van der Waals surface area contributed by atoms with E-state index in [2.05, 4.69) is 21.3 Å². The molecule has 0 radical (unpaired) electrons. The molecule has 3 rings (SSSR count). The summed E-state index contributed by atoms with van der Waals surface area (Å²) in [5.41, 5.74) is 1.70. The fourth-order valence-electron chi connectivity index (χ4n) is 3.43. The van der Waals surface area contributed by atoms with Crippen molar-refractivity contribution >= 4 is 23.4 Å². The summed E-state index contributed by atoms with van der Waals surface area (Å²) in [5.74, 6) is 0.559. The zero-order chi connectivity index (χ0) is 21.0. The number of aromatic nitrogens is 1. The summed E-state index contributed by atoms with van der Waals surface area (Å²) in [6, 6.07) is 13.8. The third-order valence-corrected chi connectivity index (χ3v) is 5.96. The van der Waals surface area contributed by atoms with E-state index in [0.717, 1.165) is 23.5 Å². The van der Waals surface area contributed by atoms with Crippen LogP contribution in [0.25, 0.3) is 0 Å². The third-order valence-electron chi connectivity index (χ3n) is 4.98. The van der Waals surface area contributed by atoms with Gasteiger partial charge in [0.2, 0.25) is 5.91 Å². The Kier molecular flexibility index (Phi) is 6.26. The first-order chi connectivity index (χ1) is 13.9. The molecular weight excluding hydrogens is 382 g/mol. The van der Waals surface area contributed by atoms with E-state index < -0.39 is 5.41 Å². The summed E-state index contributed by atoms with van der Waals surface area (Å²) in [5, 5.41) is 13.7. The fourth-order valence-corrected chi connectivity index (χ4v) is 4.60. The smallest absolute Gasteiger partial charge is 0.245 e. The van der Waals surface area contributed by atoms with Gasteiger partial charge in [0, 0.05) is 44.5 Å². The molecule has 2 aromatic rings. The molecule has 6 nitrogen and oxygen atoms in total. The van der Waals surface area contributed by atoms with Crippen LogP contribution in [0.4, 0.5) is 5.69 Å². The van der Waals surface area contributed by atoms with Crippen molar-refractivity contribution < 1.29 is 4.79 Å². The second kappa shape index (κ2) is 8.68. The van der Waals surface area contributed by atoms with E-state index in [1.54, 1.807) is 18.5 Å². The molecule has 1 aromatic heterocycles. The molecule has 1 aliphatic rings. The van der Waals surface area contributed by atoms with E-state index in [1.807, 2.05) is 63.4 Å². The average Bonchev–Trinajstić information content (AvgIpc) is 3.00. The molecule has 150 valence electrons. The lowest BCUT2D eigenvalue weighted by Gasteiger charge is -2.28. The molecule has 0 fully saturated rings. The van der Waals surface area contributed by atoms with E-state index >= 15 is 0 Å². The van der Waals surface area contributed by atoms with Crippen molar-refractivity contribution in [1.29, 1.82) is 5.26 Å². The number of pyridine rings is 1. The standard InChI is InChI=1S/C22H25N5OS/c1-26(2)12-13-29-20-19(14-23)22(21(28)25-20,17-6-5-11-24-15-17)16-7-9-18(10-8-16)27(3)4/h5-11,15H,12-13H2,1-4H3,(H,25,28). The number of thioether (sulfide) groups is 1. The highest BCUT2D eigenvalue weighted by Gasteiger charge is 2.52. The summed E-state index contributed by atoms with van der Waals surface area (Å²) in [6.45, 7) is 0.847. The molecule has 1 aliphatic heterocycles. The van der Waals surface area contributed by atoms with E-state index in [1.165, 1.54) is 11.8 Å². The van der Waals surface area contributed by atoms with Gasteiger partial charge in [-0.2, -0.15) is 5.26 Å². The van der Waals surface area contributed by atoms with Crippen LogP contribution in [-0.2, 0) is 10.2 Å². The van der Waals surface area contributed by atoms with E-state index in [4.69, 9.17) is 0 Å². The Labute approximate surface area is 176 Å². The van der Waals surface area contributed by atoms with Gasteiger partial charge in [-0.3, -0.25) is 9.78 Å². The first-order valence-corrected chi connectivity index (χ1v) is 10.3. The highest BCUT2D eigenvalue weighted by atomic mass is 32.2. The van der Waals surface area contributed by atoms with Crippen molar-refractivity contribution in [1.82, 2.24) is 15.2 Å². The Morgan fingerprint density at radius 2 is 1.86 bits per heavy atom. The summed E-state index contributed by atoms with van der Waals surface area (Å²) in [6.07, 6.45) is 3.34. The number of carbonyl (C=O) groups excluding carboxylic acids is 1. The van der Waals surface area contributed by atoms with Crippen LogP contribution in [0.5, 0.6) is 0 Å². The van der Waals surface area contributed by atoms with Crippen molar-refractivity contribution in [2.45, 2.75) is 5.41 Å². The molecule has 7 heteroatoms. The molecule has 1 atom stereocenters. The zero-order valence-corrected chi connectivity index (χ0v) is 18.0. The number of benzene rings is 1. The van der Waals surface area contributed by atoms with Crippen LogP contribution in [0.3, 0.4) is 0 Å². The van der Waals surface area contributed by atoms with Gasteiger partial charge in [0.25, 0.3) is 0 Å². The molecule has 0 aliphatic carbocycles. The minimum absolute atomic E-state index is 0.216. The molecule has 0 saturated heterocycles. The van der Waals surface area contributed by atoms with Gasteiger partial charge in [-0.15, -0.1) is 11.8 Å². The monoisotopic (exact) mass is 407 g/mol. The van der Waals surface area contributed by atoms with Crippen molar-refractivity contribution in [3.05, 3.63) is 70.5 Å². The van der Waals surface area contributed by atoms with Gasteiger partial charge in [0.1, 0.15) is 5.41 Å². The lowest BCUT2D eigenvalue weighted by molar-refractivity contribution is -0.122. The summed E-state index contributed by atoms with van der Waals surface area (Å²) < 4.78 is 0. The highest BCUT2D eigenvalue weighted by molar-refractivity contribution is 8.03. The number of nitrogens with one attached hydrogen (secondary N) is 1. The number of hydrogen-bond donors (Lipinski definition) is 1. The predicted octanol–water partition coefficient (Wildman–Crippen LogP) is 2.59. The molecule has 0 spiro atoms.